The Morgan fingerprint density at radius 1 is 0.724 bits per heavy atom. The van der Waals surface area contributed by atoms with Gasteiger partial charge in [0.05, 0.1) is 5.69 Å². The Morgan fingerprint density at radius 2 is 1.45 bits per heavy atom. The fraction of sp³-hybridized carbons (Fsp3) is 0.250. The van der Waals surface area contributed by atoms with Gasteiger partial charge in [-0.2, -0.15) is 0 Å². The molecule has 1 aliphatic carbocycles. The summed E-state index contributed by atoms with van der Waals surface area (Å²) in [7, 11) is 0. The fourth-order valence-corrected chi connectivity index (χ4v) is 4.48. The smallest absolute Gasteiger partial charge is 0.0792 e. The van der Waals surface area contributed by atoms with Crippen LogP contribution in [0.25, 0.3) is 44.3 Å². The van der Waals surface area contributed by atoms with E-state index >= 15 is 0 Å². The predicted molar refractivity (Wildman–Crippen MR) is 124 cm³/mol. The van der Waals surface area contributed by atoms with E-state index in [-0.39, 0.29) is 5.41 Å². The molecule has 0 atom stereocenters. The summed E-state index contributed by atoms with van der Waals surface area (Å²) >= 11 is 0. The van der Waals surface area contributed by atoms with Crippen molar-refractivity contribution in [1.82, 2.24) is 4.98 Å². The van der Waals surface area contributed by atoms with Gasteiger partial charge in [-0.3, -0.25) is 4.98 Å². The summed E-state index contributed by atoms with van der Waals surface area (Å²) in [5.74, 6) is 0.484. The van der Waals surface area contributed by atoms with E-state index in [0.29, 0.717) is 5.92 Å². The number of rotatable bonds is 1. The lowest BCUT2D eigenvalue weighted by Crippen LogP contribution is -2.11. The van der Waals surface area contributed by atoms with Crippen LogP contribution in [0.3, 0.4) is 0 Å². The van der Waals surface area contributed by atoms with E-state index in [9.17, 15) is 0 Å². The largest absolute Gasteiger partial charge is 0.256 e. The zero-order chi connectivity index (χ0) is 20.3. The third-order valence-electron chi connectivity index (χ3n) is 6.20. The molecule has 3 aromatic carbocycles. The molecule has 144 valence electrons. The molecule has 4 aromatic rings. The maximum atomic E-state index is 4.89. The minimum Gasteiger partial charge on any atom is -0.256 e. The number of fused-ring (bicyclic) bond motifs is 5. The van der Waals surface area contributed by atoms with Crippen molar-refractivity contribution >= 4 is 10.8 Å². The molecule has 0 spiro atoms. The highest BCUT2D eigenvalue weighted by atomic mass is 14.7. The Morgan fingerprint density at radius 3 is 2.14 bits per heavy atom. The average molecular weight is 378 g/mol. The van der Waals surface area contributed by atoms with Gasteiger partial charge in [0.2, 0.25) is 0 Å². The van der Waals surface area contributed by atoms with E-state index in [4.69, 9.17) is 4.98 Å². The summed E-state index contributed by atoms with van der Waals surface area (Å²) < 4.78 is 0. The van der Waals surface area contributed by atoms with Crippen LogP contribution < -0.4 is 0 Å². The maximum absolute atomic E-state index is 4.89. The Kier molecular flexibility index (Phi) is 3.93. The van der Waals surface area contributed by atoms with Gasteiger partial charge in [0.25, 0.3) is 0 Å². The van der Waals surface area contributed by atoms with Crippen LogP contribution in [0.4, 0.5) is 0 Å². The third-order valence-corrected chi connectivity index (χ3v) is 6.20. The summed E-state index contributed by atoms with van der Waals surface area (Å²) in [6.45, 7) is 11.4. The number of aromatic nitrogens is 1. The lowest BCUT2D eigenvalue weighted by molar-refractivity contribution is 0.590. The van der Waals surface area contributed by atoms with Crippen molar-refractivity contribution in [2.75, 3.05) is 0 Å². The Labute approximate surface area is 173 Å². The SMILES string of the molecule is CC(C)c1cc2c3c(nccc3c1)-c1ccc(C(C)(C)C)cc1-c1ccccc1-2. The van der Waals surface area contributed by atoms with Crippen molar-refractivity contribution in [2.24, 2.45) is 0 Å². The molecule has 0 saturated heterocycles. The highest BCUT2D eigenvalue weighted by molar-refractivity contribution is 6.12. The van der Waals surface area contributed by atoms with Crippen LogP contribution >= 0.6 is 0 Å². The Balaban J connectivity index is 1.96. The topological polar surface area (TPSA) is 12.9 Å². The summed E-state index contributed by atoms with van der Waals surface area (Å²) in [6.07, 6.45) is 1.96. The second kappa shape index (κ2) is 6.29. The molecule has 0 bridgehead atoms. The van der Waals surface area contributed by atoms with E-state index in [1.165, 1.54) is 49.7 Å². The van der Waals surface area contributed by atoms with Crippen molar-refractivity contribution in [3.63, 3.8) is 0 Å². The predicted octanol–water partition coefficient (Wildman–Crippen LogP) is 7.97. The van der Waals surface area contributed by atoms with Crippen LogP contribution in [0, 0.1) is 0 Å². The number of benzene rings is 3. The molecule has 0 unspecified atom stereocenters. The quantitative estimate of drug-likeness (QED) is 0.289. The molecule has 0 aliphatic heterocycles. The molecule has 0 saturated carbocycles. The average Bonchev–Trinajstić information content (AvgIpc) is 2.82. The minimum absolute atomic E-state index is 0.105. The Bertz CT molecular complexity index is 1260. The summed E-state index contributed by atoms with van der Waals surface area (Å²) in [5.41, 5.74) is 10.4. The van der Waals surface area contributed by atoms with Crippen LogP contribution in [0.5, 0.6) is 0 Å². The molecular formula is C28H27N. The van der Waals surface area contributed by atoms with E-state index in [0.717, 1.165) is 5.69 Å². The maximum Gasteiger partial charge on any atom is 0.0792 e. The molecule has 1 aliphatic rings. The molecule has 1 aromatic heterocycles. The van der Waals surface area contributed by atoms with Gasteiger partial charge in [0.15, 0.2) is 0 Å². The highest BCUT2D eigenvalue weighted by Crippen LogP contribution is 2.48. The molecule has 0 fully saturated rings. The molecule has 5 rings (SSSR count). The highest BCUT2D eigenvalue weighted by Gasteiger charge is 2.25. The first kappa shape index (κ1) is 18.1. The van der Waals surface area contributed by atoms with Crippen LogP contribution in [0.2, 0.25) is 0 Å². The monoisotopic (exact) mass is 377 g/mol. The van der Waals surface area contributed by atoms with Gasteiger partial charge in [-0.15, -0.1) is 0 Å². The molecular weight excluding hydrogens is 350 g/mol. The van der Waals surface area contributed by atoms with Crippen molar-refractivity contribution in [1.29, 1.82) is 0 Å². The normalized spacial score (nSPS) is 12.6. The lowest BCUT2D eigenvalue weighted by atomic mass is 9.83. The van der Waals surface area contributed by atoms with Crippen LogP contribution in [-0.4, -0.2) is 4.98 Å². The first-order valence-electron chi connectivity index (χ1n) is 10.5. The molecule has 1 heterocycles. The molecule has 0 N–H and O–H groups in total. The van der Waals surface area contributed by atoms with Gasteiger partial charge < -0.3 is 0 Å². The van der Waals surface area contributed by atoms with Gasteiger partial charge in [-0.1, -0.05) is 83.1 Å². The number of pyridine rings is 1. The Hall–Kier alpha value is -2.93. The third kappa shape index (κ3) is 2.80. The van der Waals surface area contributed by atoms with Crippen molar-refractivity contribution in [3.05, 3.63) is 78.0 Å². The van der Waals surface area contributed by atoms with Crippen molar-refractivity contribution in [3.8, 4) is 33.5 Å². The van der Waals surface area contributed by atoms with E-state index < -0.39 is 0 Å². The first-order valence-corrected chi connectivity index (χ1v) is 10.5. The van der Waals surface area contributed by atoms with Crippen LogP contribution in [0.1, 0.15) is 51.7 Å². The van der Waals surface area contributed by atoms with Crippen LogP contribution in [-0.2, 0) is 5.41 Å². The second-order valence-corrected chi connectivity index (χ2v) is 9.54. The van der Waals surface area contributed by atoms with Gasteiger partial charge in [0, 0.05) is 17.1 Å². The van der Waals surface area contributed by atoms with Gasteiger partial charge in [0.1, 0.15) is 0 Å². The molecule has 1 nitrogen and oxygen atoms in total. The van der Waals surface area contributed by atoms with Crippen LogP contribution in [0.15, 0.2) is 66.9 Å². The molecule has 0 amide bonds. The zero-order valence-corrected chi connectivity index (χ0v) is 17.9. The minimum atomic E-state index is 0.105. The lowest BCUT2D eigenvalue weighted by Gasteiger charge is -2.21. The van der Waals surface area contributed by atoms with Gasteiger partial charge >= 0.3 is 0 Å². The molecule has 29 heavy (non-hydrogen) atoms. The standard InChI is InChI=1S/C28H27N/c1-17(2)19-14-18-12-13-29-27-23-11-10-20(28(3,4)5)16-24(23)21-8-6-7-9-22(21)25(15-19)26(18)27/h6-17H,1-5H3. The number of hydrogen-bond acceptors (Lipinski definition) is 1. The second-order valence-electron chi connectivity index (χ2n) is 9.54. The van der Waals surface area contributed by atoms with Gasteiger partial charge in [-0.25, -0.2) is 0 Å². The van der Waals surface area contributed by atoms with Crippen molar-refractivity contribution in [2.45, 2.75) is 46.0 Å². The number of hydrogen-bond donors (Lipinski definition) is 0. The zero-order valence-electron chi connectivity index (χ0n) is 17.9. The van der Waals surface area contributed by atoms with Gasteiger partial charge in [-0.05, 0) is 62.2 Å². The summed E-state index contributed by atoms with van der Waals surface area (Å²) in [5, 5.41) is 2.55. The van der Waals surface area contributed by atoms with Crippen molar-refractivity contribution < 1.29 is 0 Å². The van der Waals surface area contributed by atoms with E-state index in [2.05, 4.69) is 95.3 Å². The first-order chi connectivity index (χ1) is 13.8. The fourth-order valence-electron chi connectivity index (χ4n) is 4.48. The number of nitrogens with zero attached hydrogens (tertiary/aromatic N) is 1. The molecule has 1 heteroatoms. The molecule has 0 radical (unpaired) electrons. The summed E-state index contributed by atoms with van der Waals surface area (Å²) in [6, 6.07) is 22.6. The summed E-state index contributed by atoms with van der Waals surface area (Å²) in [4.78, 5) is 4.89. The van der Waals surface area contributed by atoms with E-state index in [1.54, 1.807) is 0 Å². The van der Waals surface area contributed by atoms with E-state index in [1.807, 2.05) is 6.20 Å².